The highest BCUT2D eigenvalue weighted by molar-refractivity contribution is 7.90. The van der Waals surface area contributed by atoms with Crippen molar-refractivity contribution in [1.29, 1.82) is 0 Å². The first-order chi connectivity index (χ1) is 11.7. The van der Waals surface area contributed by atoms with Crippen LogP contribution in [0.5, 0.6) is 0 Å². The summed E-state index contributed by atoms with van der Waals surface area (Å²) in [6.07, 6.45) is 0. The number of carbonyl (C=O) groups is 2. The minimum Gasteiger partial charge on any atom is -0.322 e. The second-order valence-corrected chi connectivity index (χ2v) is 7.73. The van der Waals surface area contributed by atoms with Crippen molar-refractivity contribution in [1.82, 2.24) is 4.72 Å². The van der Waals surface area contributed by atoms with Crippen LogP contribution < -0.4 is 10.0 Å². The number of sulfonamides is 1. The molecule has 0 bridgehead atoms. The van der Waals surface area contributed by atoms with Gasteiger partial charge < -0.3 is 5.32 Å². The molecule has 132 valence electrons. The molecule has 0 aromatic heterocycles. The Hall–Kier alpha value is -2.38. The Morgan fingerprint density at radius 3 is 2.04 bits per heavy atom. The van der Waals surface area contributed by atoms with E-state index in [1.54, 1.807) is 38.1 Å². The molecule has 0 unspecified atom stereocenters. The average molecular weight is 381 g/mol. The number of rotatable bonds is 5. The second-order valence-electron chi connectivity index (χ2n) is 5.61. The molecule has 0 saturated carbocycles. The van der Waals surface area contributed by atoms with E-state index >= 15 is 0 Å². The van der Waals surface area contributed by atoms with Crippen LogP contribution >= 0.6 is 11.6 Å². The van der Waals surface area contributed by atoms with E-state index in [-0.39, 0.29) is 10.8 Å². The molecule has 2 aromatic carbocycles. The minimum atomic E-state index is -3.93. The summed E-state index contributed by atoms with van der Waals surface area (Å²) >= 11 is 5.77. The van der Waals surface area contributed by atoms with E-state index in [0.717, 1.165) is 0 Å². The molecule has 0 aliphatic rings. The monoisotopic (exact) mass is 380 g/mol. The van der Waals surface area contributed by atoms with Crippen molar-refractivity contribution < 1.29 is 18.0 Å². The van der Waals surface area contributed by atoms with Gasteiger partial charge in [-0.3, -0.25) is 9.59 Å². The molecular formula is C17H17ClN2O4S. The summed E-state index contributed by atoms with van der Waals surface area (Å²) in [6, 6.07) is 11.9. The van der Waals surface area contributed by atoms with Crippen LogP contribution in [0.3, 0.4) is 0 Å². The highest BCUT2D eigenvalue weighted by Crippen LogP contribution is 2.16. The molecule has 2 aromatic rings. The van der Waals surface area contributed by atoms with E-state index in [1.807, 2.05) is 4.72 Å². The summed E-state index contributed by atoms with van der Waals surface area (Å²) in [4.78, 5) is 23.6. The van der Waals surface area contributed by atoms with Crippen LogP contribution in [0.15, 0.2) is 53.4 Å². The van der Waals surface area contributed by atoms with Gasteiger partial charge in [0.25, 0.3) is 15.9 Å². The number of anilines is 1. The quantitative estimate of drug-likeness (QED) is 0.833. The predicted molar refractivity (Wildman–Crippen MR) is 96.0 cm³/mol. The summed E-state index contributed by atoms with van der Waals surface area (Å²) in [5.74, 6) is -1.38. The Labute approximate surface area is 151 Å². The van der Waals surface area contributed by atoms with Crippen molar-refractivity contribution in [2.24, 2.45) is 5.92 Å². The number of halogens is 1. The average Bonchev–Trinajstić information content (AvgIpc) is 2.55. The molecule has 0 heterocycles. The summed E-state index contributed by atoms with van der Waals surface area (Å²) < 4.78 is 26.2. The van der Waals surface area contributed by atoms with Gasteiger partial charge in [0.2, 0.25) is 5.91 Å². The third-order valence-electron chi connectivity index (χ3n) is 3.29. The topological polar surface area (TPSA) is 92.3 Å². The Morgan fingerprint density at radius 1 is 0.960 bits per heavy atom. The first-order valence-electron chi connectivity index (χ1n) is 7.42. The molecule has 0 atom stereocenters. The highest BCUT2D eigenvalue weighted by atomic mass is 35.5. The van der Waals surface area contributed by atoms with Crippen molar-refractivity contribution >= 4 is 39.1 Å². The van der Waals surface area contributed by atoms with E-state index in [2.05, 4.69) is 5.32 Å². The molecule has 0 fully saturated rings. The number of nitrogens with one attached hydrogen (secondary N) is 2. The van der Waals surface area contributed by atoms with Gasteiger partial charge in [0.15, 0.2) is 0 Å². The molecule has 0 aliphatic carbocycles. The molecule has 0 radical (unpaired) electrons. The lowest BCUT2D eigenvalue weighted by Crippen LogP contribution is -2.33. The molecule has 8 heteroatoms. The van der Waals surface area contributed by atoms with Gasteiger partial charge in [0.1, 0.15) is 0 Å². The van der Waals surface area contributed by atoms with Gasteiger partial charge in [-0.25, -0.2) is 13.1 Å². The molecule has 2 amide bonds. The summed E-state index contributed by atoms with van der Waals surface area (Å²) in [7, 11) is -3.93. The van der Waals surface area contributed by atoms with Crippen LogP contribution in [-0.2, 0) is 14.8 Å². The zero-order valence-electron chi connectivity index (χ0n) is 13.6. The molecule has 25 heavy (non-hydrogen) atoms. The summed E-state index contributed by atoms with van der Waals surface area (Å²) in [5, 5.41) is 3.17. The third kappa shape index (κ3) is 5.04. The molecular weight excluding hydrogens is 364 g/mol. The smallest absolute Gasteiger partial charge is 0.264 e. The van der Waals surface area contributed by atoms with Gasteiger partial charge in [-0.15, -0.1) is 0 Å². The Bertz CT molecular complexity index is 876. The van der Waals surface area contributed by atoms with Crippen LogP contribution in [0, 0.1) is 5.92 Å². The van der Waals surface area contributed by atoms with Crippen molar-refractivity contribution in [2.75, 3.05) is 5.32 Å². The van der Waals surface area contributed by atoms with Crippen LogP contribution in [0.25, 0.3) is 0 Å². The maximum Gasteiger partial charge on any atom is 0.264 e. The second kappa shape index (κ2) is 7.67. The first-order valence-corrected chi connectivity index (χ1v) is 9.29. The fourth-order valence-electron chi connectivity index (χ4n) is 1.83. The predicted octanol–water partition coefficient (Wildman–Crippen LogP) is 3.05. The van der Waals surface area contributed by atoms with E-state index in [9.17, 15) is 18.0 Å². The fraction of sp³-hybridized carbons (Fsp3) is 0.176. The molecule has 0 spiro atoms. The standard InChI is InChI=1S/C17H17ClN2O4S/c1-11(2)16(21)20-25(23,24)15-9-7-14(8-10-15)19-17(22)12-3-5-13(18)6-4-12/h3-11H,1-2H3,(H,19,22)(H,20,21). The number of benzene rings is 2. The number of carbonyl (C=O) groups excluding carboxylic acids is 2. The zero-order chi connectivity index (χ0) is 18.6. The van der Waals surface area contributed by atoms with Crippen molar-refractivity contribution in [3.05, 3.63) is 59.1 Å². The van der Waals surface area contributed by atoms with Crippen LogP contribution in [-0.4, -0.2) is 20.2 Å². The van der Waals surface area contributed by atoms with Gasteiger partial charge in [0, 0.05) is 22.2 Å². The Morgan fingerprint density at radius 2 is 1.52 bits per heavy atom. The molecule has 0 saturated heterocycles. The largest absolute Gasteiger partial charge is 0.322 e. The summed E-state index contributed by atoms with van der Waals surface area (Å²) in [6.45, 7) is 3.19. The molecule has 2 rings (SSSR count). The van der Waals surface area contributed by atoms with E-state index in [4.69, 9.17) is 11.6 Å². The lowest BCUT2D eigenvalue weighted by atomic mass is 10.2. The van der Waals surface area contributed by atoms with E-state index < -0.39 is 21.8 Å². The van der Waals surface area contributed by atoms with Gasteiger partial charge >= 0.3 is 0 Å². The maximum atomic E-state index is 12.1. The fourth-order valence-corrected chi connectivity index (χ4v) is 3.07. The van der Waals surface area contributed by atoms with Crippen LogP contribution in [0.2, 0.25) is 5.02 Å². The lowest BCUT2D eigenvalue weighted by molar-refractivity contribution is -0.122. The van der Waals surface area contributed by atoms with Gasteiger partial charge in [-0.1, -0.05) is 25.4 Å². The Balaban J connectivity index is 2.10. The van der Waals surface area contributed by atoms with Gasteiger partial charge in [0.05, 0.1) is 4.90 Å². The first kappa shape index (κ1) is 19.0. The zero-order valence-corrected chi connectivity index (χ0v) is 15.2. The summed E-state index contributed by atoms with van der Waals surface area (Å²) in [5.41, 5.74) is 0.847. The minimum absolute atomic E-state index is 0.0639. The lowest BCUT2D eigenvalue weighted by Gasteiger charge is -2.10. The highest BCUT2D eigenvalue weighted by Gasteiger charge is 2.19. The molecule has 2 N–H and O–H groups in total. The SMILES string of the molecule is CC(C)C(=O)NS(=O)(=O)c1ccc(NC(=O)c2ccc(Cl)cc2)cc1. The van der Waals surface area contributed by atoms with Crippen LogP contribution in [0.1, 0.15) is 24.2 Å². The van der Waals surface area contributed by atoms with Gasteiger partial charge in [-0.2, -0.15) is 0 Å². The number of hydrogen-bond donors (Lipinski definition) is 2. The maximum absolute atomic E-state index is 12.1. The van der Waals surface area contributed by atoms with Crippen molar-refractivity contribution in [3.63, 3.8) is 0 Å². The molecule has 0 aliphatic heterocycles. The van der Waals surface area contributed by atoms with E-state index in [0.29, 0.717) is 16.3 Å². The van der Waals surface area contributed by atoms with Crippen molar-refractivity contribution in [2.45, 2.75) is 18.7 Å². The van der Waals surface area contributed by atoms with Crippen molar-refractivity contribution in [3.8, 4) is 0 Å². The number of hydrogen-bond acceptors (Lipinski definition) is 4. The molecule has 6 nitrogen and oxygen atoms in total. The normalized spacial score (nSPS) is 11.2. The third-order valence-corrected chi connectivity index (χ3v) is 4.90. The van der Waals surface area contributed by atoms with Gasteiger partial charge in [-0.05, 0) is 48.5 Å². The Kier molecular flexibility index (Phi) is 5.81. The van der Waals surface area contributed by atoms with E-state index in [1.165, 1.54) is 24.3 Å². The number of amides is 2. The van der Waals surface area contributed by atoms with Crippen LogP contribution in [0.4, 0.5) is 5.69 Å².